The molecule has 4 aromatic rings. The fourth-order valence-corrected chi connectivity index (χ4v) is 3.88. The molecular formula is C27H31N9O3. The number of likely N-dealkylation sites (N-methyl/N-ethyl adjacent to an activating group) is 1. The van der Waals surface area contributed by atoms with Gasteiger partial charge in [0.05, 0.1) is 11.9 Å². The van der Waals surface area contributed by atoms with Gasteiger partial charge in [-0.2, -0.15) is 10.3 Å². The van der Waals surface area contributed by atoms with Gasteiger partial charge in [0, 0.05) is 32.6 Å². The minimum Gasteiger partial charge on any atom is -0.375 e. The molecule has 202 valence electrons. The zero-order chi connectivity index (χ0) is 27.8. The highest BCUT2D eigenvalue weighted by Gasteiger charge is 2.17. The lowest BCUT2D eigenvalue weighted by atomic mass is 9.98. The lowest BCUT2D eigenvalue weighted by Gasteiger charge is -2.16. The first-order valence-corrected chi connectivity index (χ1v) is 12.6. The van der Waals surface area contributed by atoms with Gasteiger partial charge in [0.2, 0.25) is 17.6 Å². The maximum Gasteiger partial charge on any atom is 0.292 e. The van der Waals surface area contributed by atoms with E-state index in [-0.39, 0.29) is 29.7 Å². The molecule has 0 aliphatic carbocycles. The van der Waals surface area contributed by atoms with Crippen LogP contribution in [0.15, 0.2) is 59.5 Å². The van der Waals surface area contributed by atoms with Crippen LogP contribution in [0.2, 0.25) is 0 Å². The maximum atomic E-state index is 13.3. The predicted molar refractivity (Wildman–Crippen MR) is 148 cm³/mol. The van der Waals surface area contributed by atoms with Crippen molar-refractivity contribution in [1.82, 2.24) is 35.3 Å². The molecular weight excluding hydrogens is 498 g/mol. The Morgan fingerprint density at radius 2 is 1.79 bits per heavy atom. The van der Waals surface area contributed by atoms with Crippen molar-refractivity contribution in [3.8, 4) is 22.5 Å². The lowest BCUT2D eigenvalue weighted by molar-refractivity contribution is -0.129. The molecule has 0 aliphatic rings. The zero-order valence-corrected chi connectivity index (χ0v) is 22.1. The maximum absolute atomic E-state index is 13.3. The largest absolute Gasteiger partial charge is 0.375 e. The molecule has 2 heterocycles. The second kappa shape index (κ2) is 12.6. The van der Waals surface area contributed by atoms with Crippen LogP contribution in [-0.4, -0.2) is 61.2 Å². The zero-order valence-electron chi connectivity index (χ0n) is 22.1. The monoisotopic (exact) mass is 529 g/mol. The van der Waals surface area contributed by atoms with Crippen LogP contribution in [0.1, 0.15) is 31.7 Å². The van der Waals surface area contributed by atoms with E-state index in [0.717, 1.165) is 39.8 Å². The number of hydrogen-bond donors (Lipinski definition) is 3. The second-order valence-electron chi connectivity index (χ2n) is 9.17. The van der Waals surface area contributed by atoms with Crippen LogP contribution in [0.3, 0.4) is 0 Å². The number of benzene rings is 2. The fourth-order valence-electron chi connectivity index (χ4n) is 3.88. The van der Waals surface area contributed by atoms with Crippen LogP contribution in [-0.2, 0) is 22.7 Å². The van der Waals surface area contributed by atoms with Gasteiger partial charge in [-0.3, -0.25) is 14.4 Å². The molecule has 0 atom stereocenters. The smallest absolute Gasteiger partial charge is 0.292 e. The summed E-state index contributed by atoms with van der Waals surface area (Å²) in [5.74, 6) is 0.0337. The quantitative estimate of drug-likeness (QED) is 0.268. The molecule has 4 rings (SSSR count). The van der Waals surface area contributed by atoms with Gasteiger partial charge in [0.15, 0.2) is 0 Å². The molecule has 0 unspecified atom stereocenters. The van der Waals surface area contributed by atoms with Crippen LogP contribution in [0, 0.1) is 0 Å². The van der Waals surface area contributed by atoms with Crippen molar-refractivity contribution in [2.24, 2.45) is 0 Å². The molecule has 0 saturated carbocycles. The van der Waals surface area contributed by atoms with E-state index in [2.05, 4.69) is 36.4 Å². The van der Waals surface area contributed by atoms with Crippen LogP contribution in [0.25, 0.3) is 22.5 Å². The Labute approximate surface area is 225 Å². The van der Waals surface area contributed by atoms with E-state index in [4.69, 9.17) is 0 Å². The molecule has 39 heavy (non-hydrogen) atoms. The van der Waals surface area contributed by atoms with Crippen molar-refractivity contribution in [3.63, 3.8) is 0 Å². The number of H-pyrrole nitrogens is 1. The van der Waals surface area contributed by atoms with Crippen molar-refractivity contribution in [2.45, 2.75) is 39.3 Å². The summed E-state index contributed by atoms with van der Waals surface area (Å²) < 4.78 is 1.09. The van der Waals surface area contributed by atoms with Crippen molar-refractivity contribution in [3.05, 3.63) is 70.6 Å². The summed E-state index contributed by atoms with van der Waals surface area (Å²) in [4.78, 5) is 39.2. The van der Waals surface area contributed by atoms with Gasteiger partial charge in [0.25, 0.3) is 5.56 Å². The number of aromatic nitrogens is 6. The van der Waals surface area contributed by atoms with E-state index < -0.39 is 5.56 Å². The average Bonchev–Trinajstić information content (AvgIpc) is 3.48. The minimum absolute atomic E-state index is 0.174. The number of rotatable bonds is 11. The highest BCUT2D eigenvalue weighted by atomic mass is 16.2. The molecule has 0 radical (unpaired) electrons. The van der Waals surface area contributed by atoms with Gasteiger partial charge >= 0.3 is 0 Å². The Morgan fingerprint density at radius 3 is 2.46 bits per heavy atom. The van der Waals surface area contributed by atoms with Crippen molar-refractivity contribution in [2.75, 3.05) is 24.7 Å². The summed E-state index contributed by atoms with van der Waals surface area (Å²) in [5, 5.41) is 24.4. The molecule has 0 bridgehead atoms. The number of carbonyl (C=O) groups excluding carboxylic acids is 2. The van der Waals surface area contributed by atoms with E-state index in [1.54, 1.807) is 14.1 Å². The van der Waals surface area contributed by atoms with Crippen molar-refractivity contribution < 1.29 is 9.59 Å². The molecule has 0 fully saturated rings. The van der Waals surface area contributed by atoms with Crippen LogP contribution in [0.4, 0.5) is 11.4 Å². The number of carbonyl (C=O) groups is 2. The molecule has 2 aromatic heterocycles. The topological polar surface area (TPSA) is 151 Å². The van der Waals surface area contributed by atoms with E-state index in [1.165, 1.54) is 11.1 Å². The SMILES string of the molecule is CCCCC(=O)Nc1cnn(CC(=O)N(C)C)c(=O)c1NCc1ccc(-c2ccccc2-c2nn[nH]n2)cc1. The molecule has 3 N–H and O–H groups in total. The predicted octanol–water partition coefficient (Wildman–Crippen LogP) is 2.92. The summed E-state index contributed by atoms with van der Waals surface area (Å²) in [6.45, 7) is 2.10. The number of nitrogens with zero attached hydrogens (tertiary/aromatic N) is 6. The van der Waals surface area contributed by atoms with Gasteiger partial charge in [-0.05, 0) is 28.3 Å². The van der Waals surface area contributed by atoms with Crippen LogP contribution in [0.5, 0.6) is 0 Å². The number of anilines is 2. The number of aromatic amines is 1. The van der Waals surface area contributed by atoms with Crippen molar-refractivity contribution >= 4 is 23.2 Å². The first-order chi connectivity index (χ1) is 18.9. The minimum atomic E-state index is -0.496. The summed E-state index contributed by atoms with van der Waals surface area (Å²) in [6.07, 6.45) is 3.35. The average molecular weight is 530 g/mol. The molecule has 2 amide bonds. The third kappa shape index (κ3) is 6.72. The van der Waals surface area contributed by atoms with E-state index in [1.807, 2.05) is 55.5 Å². The number of unbranched alkanes of at least 4 members (excludes halogenated alkanes) is 1. The molecule has 0 aliphatic heterocycles. The standard InChI is InChI=1S/C27H31N9O3/c1-4-5-10-23(37)30-22-16-29-36(17-24(38)35(2)3)27(39)25(22)28-15-18-11-13-19(14-12-18)20-8-6-7-9-21(20)26-31-33-34-32-26/h6-9,11-14,16,28H,4-5,10,15,17H2,1-3H3,(H,30,37)(H,31,32,33,34). The third-order valence-corrected chi connectivity index (χ3v) is 6.11. The van der Waals surface area contributed by atoms with Crippen LogP contribution < -0.4 is 16.2 Å². The first kappa shape index (κ1) is 27.2. The Hall–Kier alpha value is -4.87. The lowest BCUT2D eigenvalue weighted by Crippen LogP contribution is -2.34. The summed E-state index contributed by atoms with van der Waals surface area (Å²) in [6, 6.07) is 15.6. The number of tetrazole rings is 1. The molecule has 0 saturated heterocycles. The van der Waals surface area contributed by atoms with Gasteiger partial charge in [-0.1, -0.05) is 61.9 Å². The Kier molecular flexibility index (Phi) is 8.77. The Balaban J connectivity index is 1.56. The number of hydrogen-bond acceptors (Lipinski definition) is 8. The summed E-state index contributed by atoms with van der Waals surface area (Å²) in [7, 11) is 3.22. The highest BCUT2D eigenvalue weighted by molar-refractivity contribution is 5.93. The van der Waals surface area contributed by atoms with Crippen molar-refractivity contribution in [1.29, 1.82) is 0 Å². The normalized spacial score (nSPS) is 10.7. The fraction of sp³-hybridized carbons (Fsp3) is 0.296. The second-order valence-corrected chi connectivity index (χ2v) is 9.17. The molecule has 12 nitrogen and oxygen atoms in total. The third-order valence-electron chi connectivity index (χ3n) is 6.11. The number of amides is 2. The molecule has 2 aromatic carbocycles. The first-order valence-electron chi connectivity index (χ1n) is 12.6. The van der Waals surface area contributed by atoms with Crippen LogP contribution >= 0.6 is 0 Å². The van der Waals surface area contributed by atoms with E-state index in [0.29, 0.717) is 18.8 Å². The van der Waals surface area contributed by atoms with E-state index >= 15 is 0 Å². The van der Waals surface area contributed by atoms with Gasteiger partial charge in [0.1, 0.15) is 12.2 Å². The summed E-state index contributed by atoms with van der Waals surface area (Å²) >= 11 is 0. The Bertz CT molecular complexity index is 1480. The van der Waals surface area contributed by atoms with E-state index in [9.17, 15) is 14.4 Å². The highest BCUT2D eigenvalue weighted by Crippen LogP contribution is 2.30. The molecule has 0 spiro atoms. The summed E-state index contributed by atoms with van der Waals surface area (Å²) in [5.41, 5.74) is 3.64. The van der Waals surface area contributed by atoms with Gasteiger partial charge in [-0.25, -0.2) is 4.68 Å². The Morgan fingerprint density at radius 1 is 1.05 bits per heavy atom. The number of nitrogens with one attached hydrogen (secondary N) is 3. The van der Waals surface area contributed by atoms with Gasteiger partial charge in [-0.15, -0.1) is 10.2 Å². The van der Waals surface area contributed by atoms with Gasteiger partial charge < -0.3 is 15.5 Å². The molecule has 12 heteroatoms.